The molecule has 13 aromatic carbocycles. The molecule has 2 aliphatic heterocycles. The summed E-state index contributed by atoms with van der Waals surface area (Å²) in [5, 5.41) is 4.86. The number of rotatable bonds is 15. The minimum Gasteiger partial charge on any atom is -0.310 e. The molecule has 0 aliphatic carbocycles. The number of hydrogen-bond acceptors (Lipinski definition) is 2. The van der Waals surface area contributed by atoms with Crippen molar-refractivity contribution in [3.05, 3.63) is 304 Å². The smallest absolute Gasteiger partial charge is 0.252 e. The molecule has 0 saturated carbocycles. The second-order valence-electron chi connectivity index (χ2n) is 52.3. The van der Waals surface area contributed by atoms with Gasteiger partial charge in [-0.25, -0.2) is 0 Å². The molecule has 0 bridgehead atoms. The summed E-state index contributed by atoms with van der Waals surface area (Å²) in [5.41, 5.74) is 33.5. The Labute approximate surface area is 812 Å². The average molecular weight is 1770 g/mol. The van der Waals surface area contributed by atoms with Crippen LogP contribution in [-0.4, -0.2) is 15.8 Å². The highest BCUT2D eigenvalue weighted by molar-refractivity contribution is 7.00. The van der Waals surface area contributed by atoms with E-state index in [1.807, 2.05) is 0 Å². The van der Waals surface area contributed by atoms with Crippen molar-refractivity contribution in [1.82, 2.24) is 9.13 Å². The van der Waals surface area contributed by atoms with Gasteiger partial charge in [0, 0.05) is 83.4 Å². The van der Waals surface area contributed by atoms with Gasteiger partial charge in [0.05, 0.1) is 33.4 Å². The van der Waals surface area contributed by atoms with Crippen molar-refractivity contribution in [1.29, 1.82) is 0 Å². The number of hydrogen-bond donors (Lipinski definition) is 0. The van der Waals surface area contributed by atoms with E-state index in [2.05, 4.69) is 490 Å². The predicted molar refractivity (Wildman–Crippen MR) is 588 cm³/mol. The van der Waals surface area contributed by atoms with Crippen molar-refractivity contribution in [2.75, 3.05) is 9.80 Å². The molecule has 2 aliphatic rings. The van der Waals surface area contributed by atoms with Crippen LogP contribution in [0.5, 0.6) is 0 Å². The van der Waals surface area contributed by atoms with Gasteiger partial charge in [-0.1, -0.05) is 362 Å². The first-order valence-corrected chi connectivity index (χ1v) is 49.8. The fraction of sp³-hybridized carbons (Fsp3) is 0.395. The monoisotopic (exact) mass is 1770 g/mol. The normalized spacial score (nSPS) is 14.5. The highest BCUT2D eigenvalue weighted by Crippen LogP contribution is 2.57. The third-order valence-electron chi connectivity index (χ3n) is 26.9. The lowest BCUT2D eigenvalue weighted by atomic mass is 9.33. The summed E-state index contributed by atoms with van der Waals surface area (Å²) in [6, 6.07) is 95.1. The summed E-state index contributed by atoms with van der Waals surface area (Å²) in [5.74, 6) is 0. The summed E-state index contributed by atoms with van der Waals surface area (Å²) >= 11 is 0. The van der Waals surface area contributed by atoms with Crippen LogP contribution in [0, 0.1) is 37.9 Å². The largest absolute Gasteiger partial charge is 0.310 e. The number of benzene rings is 13. The van der Waals surface area contributed by atoms with Crippen LogP contribution in [0.3, 0.4) is 0 Å². The van der Waals surface area contributed by atoms with Gasteiger partial charge < -0.3 is 18.9 Å². The first kappa shape index (κ1) is 89.6. The molecule has 0 fully saturated rings. The standard InChI is InChI=1S/C129H153BN4/c1-119(2,3)74-81-38-34-42-88(58-81)98-62-85(78-123(13,14)15)63-99(89-43-35-39-82(59-89)75-120(4,5)6)117(98)133-112-72-96(131-108-54-46-92(126(22,23)24)68-102(108)103-69-93(127(25,26)27)47-55-109(103)131)50-52-106(112)130-107-53-51-97(132-110-56-48-94(128(28,29)30)70-104(110)105-71-95(129(31,32)33)49-57-111(105)132)73-113(107)134(115-67-87(80-125(19,20)21)66-114(133)116(115)130)118-100(90-44-36-40-83(60-90)76-121(7,8)9)64-86(79-124(16,17)18)65-101(118)91-45-37-41-84(61-91)77-122(10,11)12/h34-73H,74-80H2,1-33H3/i78D2,79D2. The third-order valence-corrected chi connectivity index (χ3v) is 26.9. The van der Waals surface area contributed by atoms with Gasteiger partial charge >= 0.3 is 0 Å². The molecule has 692 valence electrons. The van der Waals surface area contributed by atoms with Crippen molar-refractivity contribution >= 4 is 101 Å². The van der Waals surface area contributed by atoms with Gasteiger partial charge in [0.15, 0.2) is 0 Å². The molecule has 0 radical (unpaired) electrons. The average Bonchev–Trinajstić information content (AvgIpc) is 0.783. The van der Waals surface area contributed by atoms with E-state index >= 15 is 0 Å². The van der Waals surface area contributed by atoms with Crippen LogP contribution in [0.4, 0.5) is 34.1 Å². The highest BCUT2D eigenvalue weighted by atomic mass is 15.2. The lowest BCUT2D eigenvalue weighted by Gasteiger charge is -2.46. The first-order chi connectivity index (χ1) is 63.8. The van der Waals surface area contributed by atoms with Gasteiger partial charge in [-0.3, -0.25) is 0 Å². The summed E-state index contributed by atoms with van der Waals surface area (Å²) < 4.78 is 48.2. The van der Waals surface area contributed by atoms with Crippen molar-refractivity contribution in [2.45, 2.75) is 295 Å². The van der Waals surface area contributed by atoms with Crippen LogP contribution < -0.4 is 26.2 Å². The third kappa shape index (κ3) is 19.7. The topological polar surface area (TPSA) is 16.3 Å². The van der Waals surface area contributed by atoms with Crippen LogP contribution in [-0.2, 0) is 66.5 Å². The van der Waals surface area contributed by atoms with Gasteiger partial charge in [0.25, 0.3) is 6.71 Å². The Kier molecular flexibility index (Phi) is 22.4. The SMILES string of the molecule is [2H]C([2H])(c1cc(-c2cccc(CC(C)(C)C)c2)c(N2c3cc(-n4c5ccc(C(C)(C)C)cc5c5cc(C(C)(C)C)ccc54)ccc3B3c4ccc(-n5c6ccc(C(C)(C)C)cc6c6cc(C(C)(C)C)ccc65)cc4N(c4c(-c5cccc(CC(C)(C)C)c5)cc(C([2H])([2H])C(C)(C)C)cc4-c4cccc(CC(C)(C)C)c4)c4cc(CC(C)(C)C)cc2c43)c(-c2cccc(CC(C)(C)C)c2)c1)C(C)(C)C. The molecule has 0 unspecified atom stereocenters. The molecule has 2 aromatic heterocycles. The summed E-state index contributed by atoms with van der Waals surface area (Å²) in [7, 11) is 0. The van der Waals surface area contributed by atoms with Gasteiger partial charge in [-0.05, 0) is 313 Å². The Morgan fingerprint density at radius 3 is 0.724 bits per heavy atom. The van der Waals surface area contributed by atoms with Gasteiger partial charge in [0.1, 0.15) is 0 Å². The molecule has 0 saturated heterocycles. The van der Waals surface area contributed by atoms with Gasteiger partial charge in [0.2, 0.25) is 0 Å². The first-order valence-electron chi connectivity index (χ1n) is 51.8. The van der Waals surface area contributed by atoms with Crippen LogP contribution in [0.1, 0.15) is 295 Å². The Hall–Kier alpha value is -10.9. The maximum absolute atomic E-state index is 10.8. The van der Waals surface area contributed by atoms with Crippen LogP contribution >= 0.6 is 0 Å². The summed E-state index contributed by atoms with van der Waals surface area (Å²) in [6.07, 6.45) is 0.311. The van der Waals surface area contributed by atoms with E-state index in [4.69, 9.17) is 0 Å². The Morgan fingerprint density at radius 1 is 0.231 bits per heavy atom. The second kappa shape index (κ2) is 33.5. The number of fused-ring (bicyclic) bond motifs is 10. The second-order valence-corrected chi connectivity index (χ2v) is 52.3. The van der Waals surface area contributed by atoms with Gasteiger partial charge in [-0.2, -0.15) is 0 Å². The molecule has 0 atom stereocenters. The van der Waals surface area contributed by atoms with Crippen LogP contribution in [0.2, 0.25) is 0 Å². The molecule has 4 heterocycles. The molecule has 0 spiro atoms. The zero-order chi connectivity index (χ0) is 100. The molecule has 15 aromatic rings. The van der Waals surface area contributed by atoms with Crippen molar-refractivity contribution < 1.29 is 5.48 Å². The molecule has 5 heteroatoms. The van der Waals surface area contributed by atoms with E-state index in [9.17, 15) is 5.48 Å². The molecular weight excluding hydrogens is 1620 g/mol. The zero-order valence-corrected chi connectivity index (χ0v) is 87.5. The summed E-state index contributed by atoms with van der Waals surface area (Å²) in [6.45, 7) is 75.0. The van der Waals surface area contributed by atoms with Crippen molar-refractivity contribution in [2.24, 2.45) is 37.9 Å². The fourth-order valence-corrected chi connectivity index (χ4v) is 21.5. The highest BCUT2D eigenvalue weighted by Gasteiger charge is 2.47. The maximum Gasteiger partial charge on any atom is 0.252 e. The number of aromatic nitrogens is 2. The van der Waals surface area contributed by atoms with E-state index in [1.54, 1.807) is 0 Å². The van der Waals surface area contributed by atoms with Crippen LogP contribution in [0.25, 0.3) is 99.5 Å². The molecule has 4 nitrogen and oxygen atoms in total. The number of nitrogens with zero attached hydrogens (tertiary/aromatic N) is 4. The lowest BCUT2D eigenvalue weighted by molar-refractivity contribution is 0.410. The Bertz CT molecular complexity index is 6590. The quantitative estimate of drug-likeness (QED) is 0.0951. The minimum absolute atomic E-state index is 0.0633. The number of anilines is 6. The minimum atomic E-state index is -1.84. The van der Waals surface area contributed by atoms with E-state index < -0.39 is 30.3 Å². The fourth-order valence-electron chi connectivity index (χ4n) is 21.5. The van der Waals surface area contributed by atoms with E-state index in [-0.39, 0.29) is 48.7 Å². The lowest BCUT2D eigenvalue weighted by Crippen LogP contribution is -2.61. The maximum atomic E-state index is 10.8. The Morgan fingerprint density at radius 2 is 0.485 bits per heavy atom. The molecule has 17 rings (SSSR count). The Balaban J connectivity index is 1.12. The zero-order valence-electron chi connectivity index (χ0n) is 91.5. The summed E-state index contributed by atoms with van der Waals surface area (Å²) in [4.78, 5) is 5.42. The molecule has 0 N–H and O–H groups in total. The molecular formula is C129H153BN4. The van der Waals surface area contributed by atoms with Crippen molar-refractivity contribution in [3.63, 3.8) is 0 Å². The molecule has 0 amide bonds. The molecule has 134 heavy (non-hydrogen) atoms. The predicted octanol–water partition coefficient (Wildman–Crippen LogP) is 34.9. The van der Waals surface area contributed by atoms with Gasteiger partial charge in [-0.15, -0.1) is 0 Å². The van der Waals surface area contributed by atoms with Crippen molar-refractivity contribution in [3.8, 4) is 55.9 Å². The van der Waals surface area contributed by atoms with Crippen LogP contribution in [0.15, 0.2) is 243 Å². The van der Waals surface area contributed by atoms with E-state index in [1.165, 1.54) is 66.1 Å². The van der Waals surface area contributed by atoms with E-state index in [0.29, 0.717) is 17.5 Å². The van der Waals surface area contributed by atoms with E-state index in [0.717, 1.165) is 160 Å².